The van der Waals surface area contributed by atoms with E-state index < -0.39 is 0 Å². The predicted molar refractivity (Wildman–Crippen MR) is 59.7 cm³/mol. The van der Waals surface area contributed by atoms with Crippen molar-refractivity contribution in [2.75, 3.05) is 0 Å². The van der Waals surface area contributed by atoms with Gasteiger partial charge in [-0.05, 0) is 37.0 Å². The fourth-order valence-corrected chi connectivity index (χ4v) is 3.07. The molecule has 1 aliphatic rings. The van der Waals surface area contributed by atoms with Crippen molar-refractivity contribution in [2.45, 2.75) is 53.4 Å². The lowest BCUT2D eigenvalue weighted by Crippen LogP contribution is -2.30. The third-order valence-electron chi connectivity index (χ3n) is 4.07. The van der Waals surface area contributed by atoms with Gasteiger partial charge in [-0.2, -0.15) is 0 Å². The van der Waals surface area contributed by atoms with Crippen molar-refractivity contribution in [2.24, 2.45) is 17.3 Å². The summed E-state index contributed by atoms with van der Waals surface area (Å²) < 4.78 is 0. The normalized spacial score (nSPS) is 24.4. The molecule has 1 unspecified atom stereocenters. The van der Waals surface area contributed by atoms with Gasteiger partial charge >= 0.3 is 0 Å². The largest absolute Gasteiger partial charge is 0.0914 e. The topological polar surface area (TPSA) is 0 Å². The van der Waals surface area contributed by atoms with E-state index in [1.54, 1.807) is 0 Å². The highest BCUT2D eigenvalue weighted by molar-refractivity contribution is 4.99. The molecular formula is C13H24. The molecule has 1 saturated carbocycles. The average molecular weight is 180 g/mol. The van der Waals surface area contributed by atoms with Crippen LogP contribution in [-0.4, -0.2) is 0 Å². The summed E-state index contributed by atoms with van der Waals surface area (Å²) in [7, 11) is 0. The summed E-state index contributed by atoms with van der Waals surface area (Å²) in [5.41, 5.74) is 0.618. The molecule has 1 fully saturated rings. The molecule has 1 atom stereocenters. The zero-order chi connectivity index (χ0) is 9.90. The molecule has 0 aromatic rings. The second-order valence-electron chi connectivity index (χ2n) is 4.91. The van der Waals surface area contributed by atoms with Gasteiger partial charge in [-0.3, -0.25) is 0 Å². The molecule has 0 heterocycles. The van der Waals surface area contributed by atoms with Gasteiger partial charge in [0.2, 0.25) is 0 Å². The number of hydrogen-bond acceptors (Lipinski definition) is 0. The Bertz CT molecular complexity index is 170. The molecule has 0 aromatic heterocycles. The first-order chi connectivity index (χ1) is 6.13. The summed E-state index contributed by atoms with van der Waals surface area (Å²) in [6.45, 7) is 9.32. The average Bonchev–Trinajstić information content (AvgIpc) is 2.53. The van der Waals surface area contributed by atoms with Crippen molar-refractivity contribution < 1.29 is 0 Å². The van der Waals surface area contributed by atoms with Crippen LogP contribution in [0.15, 0.2) is 12.2 Å². The summed E-state index contributed by atoms with van der Waals surface area (Å²) in [6, 6.07) is 0. The monoisotopic (exact) mass is 180 g/mol. The highest BCUT2D eigenvalue weighted by Gasteiger charge is 2.40. The minimum absolute atomic E-state index is 0.618. The zero-order valence-corrected chi connectivity index (χ0v) is 9.64. The van der Waals surface area contributed by atoms with Gasteiger partial charge < -0.3 is 0 Å². The van der Waals surface area contributed by atoms with Crippen LogP contribution in [0.3, 0.4) is 0 Å². The second kappa shape index (κ2) is 4.30. The summed E-state index contributed by atoms with van der Waals surface area (Å²) in [5.74, 6) is 1.60. The van der Waals surface area contributed by atoms with E-state index in [2.05, 4.69) is 39.8 Å². The van der Waals surface area contributed by atoms with Crippen LogP contribution in [0.4, 0.5) is 0 Å². The van der Waals surface area contributed by atoms with Crippen LogP contribution in [0.1, 0.15) is 53.4 Å². The molecule has 0 heteroatoms. The van der Waals surface area contributed by atoms with Gasteiger partial charge in [-0.1, -0.05) is 45.8 Å². The minimum atomic E-state index is 0.618. The van der Waals surface area contributed by atoms with E-state index >= 15 is 0 Å². The highest BCUT2D eigenvalue weighted by Crippen LogP contribution is 2.50. The number of rotatable bonds is 3. The molecule has 0 nitrogen and oxygen atoms in total. The lowest BCUT2D eigenvalue weighted by Gasteiger charge is -2.38. The maximum Gasteiger partial charge on any atom is -0.0203 e. The van der Waals surface area contributed by atoms with Gasteiger partial charge in [0.05, 0.1) is 0 Å². The maximum atomic E-state index is 2.39. The first-order valence-corrected chi connectivity index (χ1v) is 5.76. The smallest absolute Gasteiger partial charge is 0.0203 e. The molecular weight excluding hydrogens is 156 g/mol. The fourth-order valence-electron chi connectivity index (χ4n) is 3.07. The highest BCUT2D eigenvalue weighted by atomic mass is 14.4. The summed E-state index contributed by atoms with van der Waals surface area (Å²) >= 11 is 0. The van der Waals surface area contributed by atoms with E-state index in [1.807, 2.05) is 0 Å². The van der Waals surface area contributed by atoms with Gasteiger partial charge in [0.1, 0.15) is 0 Å². The molecule has 0 bridgehead atoms. The Kier molecular flexibility index (Phi) is 3.58. The zero-order valence-electron chi connectivity index (χ0n) is 9.64. The number of allylic oxidation sites excluding steroid dienone is 2. The molecule has 0 spiro atoms. The lowest BCUT2D eigenvalue weighted by molar-refractivity contribution is 0.138. The second-order valence-corrected chi connectivity index (χ2v) is 4.91. The molecule has 0 saturated heterocycles. The lowest BCUT2D eigenvalue weighted by atomic mass is 9.67. The molecule has 0 aliphatic heterocycles. The Hall–Kier alpha value is -0.260. The summed E-state index contributed by atoms with van der Waals surface area (Å²) in [5, 5.41) is 0. The van der Waals surface area contributed by atoms with E-state index in [9.17, 15) is 0 Å². The Balaban J connectivity index is 2.77. The third-order valence-corrected chi connectivity index (χ3v) is 4.07. The third kappa shape index (κ3) is 1.98. The Labute approximate surface area is 83.4 Å². The van der Waals surface area contributed by atoms with E-state index in [4.69, 9.17) is 0 Å². The van der Waals surface area contributed by atoms with Crippen molar-refractivity contribution in [3.63, 3.8) is 0 Å². The van der Waals surface area contributed by atoms with Crippen molar-refractivity contribution >= 4 is 0 Å². The van der Waals surface area contributed by atoms with Crippen LogP contribution in [-0.2, 0) is 0 Å². The van der Waals surface area contributed by atoms with Crippen LogP contribution in [0.2, 0.25) is 0 Å². The van der Waals surface area contributed by atoms with Gasteiger partial charge in [0, 0.05) is 0 Å². The molecule has 76 valence electrons. The Morgan fingerprint density at radius 2 is 1.62 bits per heavy atom. The van der Waals surface area contributed by atoms with Gasteiger partial charge in [0.25, 0.3) is 0 Å². The SMILES string of the molecule is CC=CC(C)C1(C(C)C)CCCC1. The first-order valence-electron chi connectivity index (χ1n) is 5.76. The van der Waals surface area contributed by atoms with Gasteiger partial charge in [0.15, 0.2) is 0 Å². The summed E-state index contributed by atoms with van der Waals surface area (Å²) in [6.07, 6.45) is 10.4. The Morgan fingerprint density at radius 3 is 2.00 bits per heavy atom. The van der Waals surface area contributed by atoms with E-state index in [0.717, 1.165) is 11.8 Å². The maximum absolute atomic E-state index is 2.39. The molecule has 1 rings (SSSR count). The van der Waals surface area contributed by atoms with E-state index in [0.29, 0.717) is 5.41 Å². The summed E-state index contributed by atoms with van der Waals surface area (Å²) in [4.78, 5) is 0. The fraction of sp³-hybridized carbons (Fsp3) is 0.846. The van der Waals surface area contributed by atoms with Gasteiger partial charge in [-0.15, -0.1) is 0 Å². The van der Waals surface area contributed by atoms with Crippen LogP contribution in [0, 0.1) is 17.3 Å². The quantitative estimate of drug-likeness (QED) is 0.564. The van der Waals surface area contributed by atoms with Crippen molar-refractivity contribution in [3.8, 4) is 0 Å². The molecule has 13 heavy (non-hydrogen) atoms. The Morgan fingerprint density at radius 1 is 1.08 bits per heavy atom. The molecule has 0 N–H and O–H groups in total. The van der Waals surface area contributed by atoms with Crippen molar-refractivity contribution in [3.05, 3.63) is 12.2 Å². The number of hydrogen-bond donors (Lipinski definition) is 0. The molecule has 0 amide bonds. The van der Waals surface area contributed by atoms with Crippen LogP contribution in [0.5, 0.6) is 0 Å². The van der Waals surface area contributed by atoms with E-state index in [1.165, 1.54) is 25.7 Å². The standard InChI is InChI=1S/C13H24/c1-5-8-12(4)13(11(2)3)9-6-7-10-13/h5,8,11-12H,6-7,9-10H2,1-4H3. The van der Waals surface area contributed by atoms with Crippen molar-refractivity contribution in [1.29, 1.82) is 0 Å². The van der Waals surface area contributed by atoms with Crippen LogP contribution in [0.25, 0.3) is 0 Å². The van der Waals surface area contributed by atoms with Gasteiger partial charge in [-0.25, -0.2) is 0 Å². The van der Waals surface area contributed by atoms with Crippen LogP contribution < -0.4 is 0 Å². The predicted octanol–water partition coefficient (Wildman–Crippen LogP) is 4.42. The molecule has 0 aromatic carbocycles. The first kappa shape index (κ1) is 10.8. The van der Waals surface area contributed by atoms with Crippen molar-refractivity contribution in [1.82, 2.24) is 0 Å². The molecule has 0 radical (unpaired) electrons. The minimum Gasteiger partial charge on any atom is -0.0914 e. The van der Waals surface area contributed by atoms with E-state index in [-0.39, 0.29) is 0 Å². The molecule has 1 aliphatic carbocycles. The van der Waals surface area contributed by atoms with Crippen LogP contribution >= 0.6 is 0 Å².